The van der Waals surface area contributed by atoms with Gasteiger partial charge < -0.3 is 5.73 Å². The Morgan fingerprint density at radius 2 is 2.21 bits per heavy atom. The summed E-state index contributed by atoms with van der Waals surface area (Å²) in [6.07, 6.45) is 3.53. The third-order valence-electron chi connectivity index (χ3n) is 3.22. The molecule has 0 bridgehead atoms. The van der Waals surface area contributed by atoms with E-state index in [1.54, 1.807) is 18.2 Å². The summed E-state index contributed by atoms with van der Waals surface area (Å²) in [4.78, 5) is 0.302. The fourth-order valence-electron chi connectivity index (χ4n) is 2.09. The minimum atomic E-state index is -3.41. The molecule has 6 heteroatoms. The van der Waals surface area contributed by atoms with Crippen molar-refractivity contribution >= 4 is 21.8 Å². The lowest BCUT2D eigenvalue weighted by Crippen LogP contribution is -2.32. The van der Waals surface area contributed by atoms with E-state index in [1.807, 2.05) is 17.8 Å². The Labute approximate surface area is 119 Å². The molecule has 1 fully saturated rings. The predicted molar refractivity (Wildman–Crippen MR) is 79.6 cm³/mol. The fourth-order valence-corrected chi connectivity index (χ4v) is 4.59. The number of hydrogen-bond donors (Lipinski definition) is 2. The first-order chi connectivity index (χ1) is 9.12. The Morgan fingerprint density at radius 3 is 2.89 bits per heavy atom. The van der Waals surface area contributed by atoms with Crippen molar-refractivity contribution < 1.29 is 8.42 Å². The van der Waals surface area contributed by atoms with Crippen molar-refractivity contribution in [2.45, 2.75) is 36.0 Å². The van der Waals surface area contributed by atoms with Crippen molar-refractivity contribution in [3.8, 4) is 0 Å². The second-order valence-electron chi connectivity index (χ2n) is 4.69. The number of rotatable bonds is 5. The molecule has 2 rings (SSSR count). The van der Waals surface area contributed by atoms with E-state index in [9.17, 15) is 8.42 Å². The van der Waals surface area contributed by atoms with Crippen molar-refractivity contribution in [3.05, 3.63) is 29.8 Å². The predicted octanol–water partition coefficient (Wildman–Crippen LogP) is 1.71. The zero-order valence-electron chi connectivity index (χ0n) is 10.8. The van der Waals surface area contributed by atoms with Crippen LogP contribution >= 0.6 is 11.8 Å². The van der Waals surface area contributed by atoms with Crippen LogP contribution in [0, 0.1) is 0 Å². The summed E-state index contributed by atoms with van der Waals surface area (Å²) < 4.78 is 27.1. The number of hydrogen-bond acceptors (Lipinski definition) is 4. The van der Waals surface area contributed by atoms with E-state index in [0.29, 0.717) is 23.2 Å². The molecular weight excluding hydrogens is 280 g/mol. The molecule has 1 unspecified atom stereocenters. The Kier molecular flexibility index (Phi) is 5.27. The molecule has 1 atom stereocenters. The maximum absolute atomic E-state index is 12.2. The first-order valence-electron chi connectivity index (χ1n) is 6.52. The van der Waals surface area contributed by atoms with Crippen LogP contribution in [0.5, 0.6) is 0 Å². The third kappa shape index (κ3) is 4.21. The molecule has 19 heavy (non-hydrogen) atoms. The molecule has 1 aliphatic heterocycles. The molecule has 0 aliphatic carbocycles. The van der Waals surface area contributed by atoms with Gasteiger partial charge in [0.15, 0.2) is 0 Å². The summed E-state index contributed by atoms with van der Waals surface area (Å²) in [6.45, 7) is 0.863. The fraction of sp³-hybridized carbons (Fsp3) is 0.538. The maximum Gasteiger partial charge on any atom is 0.240 e. The average Bonchev–Trinajstić information content (AvgIpc) is 2.46. The van der Waals surface area contributed by atoms with E-state index in [0.717, 1.165) is 17.7 Å². The van der Waals surface area contributed by atoms with Crippen molar-refractivity contribution in [1.82, 2.24) is 4.72 Å². The third-order valence-corrected chi connectivity index (χ3v) is 6.04. The van der Waals surface area contributed by atoms with Gasteiger partial charge in [0.2, 0.25) is 10.0 Å². The van der Waals surface area contributed by atoms with E-state index in [-0.39, 0.29) is 0 Å². The molecule has 4 nitrogen and oxygen atoms in total. The largest absolute Gasteiger partial charge is 0.326 e. The number of benzene rings is 1. The van der Waals surface area contributed by atoms with Gasteiger partial charge in [-0.2, -0.15) is 11.8 Å². The van der Waals surface area contributed by atoms with Gasteiger partial charge in [0.05, 0.1) is 4.90 Å². The Bertz CT molecular complexity index is 511. The molecule has 1 saturated heterocycles. The summed E-state index contributed by atoms with van der Waals surface area (Å²) in [5, 5.41) is 0.404. The van der Waals surface area contributed by atoms with Crippen LogP contribution in [0.15, 0.2) is 29.2 Å². The number of nitrogens with one attached hydrogen (secondary N) is 1. The highest BCUT2D eigenvalue weighted by Crippen LogP contribution is 2.24. The van der Waals surface area contributed by atoms with E-state index in [4.69, 9.17) is 5.73 Å². The SMILES string of the molecule is NCc1cccc(S(=O)(=O)NCC2CCCCS2)c1. The minimum Gasteiger partial charge on any atom is -0.326 e. The minimum absolute atomic E-state index is 0.302. The summed E-state index contributed by atoms with van der Waals surface area (Å²) in [6, 6.07) is 6.80. The molecule has 1 aliphatic rings. The molecule has 3 N–H and O–H groups in total. The van der Waals surface area contributed by atoms with Gasteiger partial charge >= 0.3 is 0 Å². The van der Waals surface area contributed by atoms with Crippen LogP contribution in [-0.2, 0) is 16.6 Å². The highest BCUT2D eigenvalue weighted by atomic mass is 32.2. The quantitative estimate of drug-likeness (QED) is 0.868. The molecule has 0 radical (unpaired) electrons. The van der Waals surface area contributed by atoms with Gasteiger partial charge in [-0.1, -0.05) is 18.6 Å². The lowest BCUT2D eigenvalue weighted by atomic mass is 10.2. The van der Waals surface area contributed by atoms with Crippen LogP contribution in [0.4, 0.5) is 0 Å². The summed E-state index contributed by atoms with van der Waals surface area (Å²) in [5.74, 6) is 1.13. The molecule has 0 spiro atoms. The highest BCUT2D eigenvalue weighted by molar-refractivity contribution is 8.00. The standard InChI is InChI=1S/C13H20N2O2S2/c14-9-11-4-3-6-13(8-11)19(16,17)15-10-12-5-1-2-7-18-12/h3-4,6,8,12,15H,1-2,5,7,9-10,14H2. The van der Waals surface area contributed by atoms with Gasteiger partial charge in [0.1, 0.15) is 0 Å². The highest BCUT2D eigenvalue weighted by Gasteiger charge is 2.19. The Hall–Kier alpha value is -0.560. The zero-order valence-corrected chi connectivity index (χ0v) is 12.5. The molecule has 1 aromatic rings. The van der Waals surface area contributed by atoms with Gasteiger partial charge in [-0.25, -0.2) is 13.1 Å². The second kappa shape index (κ2) is 6.74. The molecular formula is C13H20N2O2S2. The van der Waals surface area contributed by atoms with Gasteiger partial charge in [-0.05, 0) is 36.3 Å². The van der Waals surface area contributed by atoms with E-state index >= 15 is 0 Å². The van der Waals surface area contributed by atoms with E-state index in [2.05, 4.69) is 4.72 Å². The molecule has 0 aromatic heterocycles. The van der Waals surface area contributed by atoms with E-state index < -0.39 is 10.0 Å². The molecule has 1 heterocycles. The number of nitrogens with two attached hydrogens (primary N) is 1. The zero-order chi connectivity index (χ0) is 13.7. The second-order valence-corrected chi connectivity index (χ2v) is 7.87. The molecule has 106 valence electrons. The molecule has 0 amide bonds. The molecule has 1 aromatic carbocycles. The lowest BCUT2D eigenvalue weighted by molar-refractivity contribution is 0.573. The smallest absolute Gasteiger partial charge is 0.240 e. The first kappa shape index (κ1) is 14.8. The van der Waals surface area contributed by atoms with Crippen LogP contribution in [0.2, 0.25) is 0 Å². The summed E-state index contributed by atoms with van der Waals surface area (Å²) in [5.41, 5.74) is 6.36. The van der Waals surface area contributed by atoms with Gasteiger partial charge in [0.25, 0.3) is 0 Å². The number of thioether (sulfide) groups is 1. The van der Waals surface area contributed by atoms with Gasteiger partial charge in [-0.15, -0.1) is 0 Å². The molecule has 0 saturated carbocycles. The summed E-state index contributed by atoms with van der Waals surface area (Å²) in [7, 11) is -3.41. The summed E-state index contributed by atoms with van der Waals surface area (Å²) >= 11 is 1.86. The first-order valence-corrected chi connectivity index (χ1v) is 9.05. The van der Waals surface area contributed by atoms with Crippen molar-refractivity contribution in [1.29, 1.82) is 0 Å². The average molecular weight is 300 g/mol. The Balaban J connectivity index is 2.00. The van der Waals surface area contributed by atoms with Crippen molar-refractivity contribution in [2.75, 3.05) is 12.3 Å². The maximum atomic E-state index is 12.2. The van der Waals surface area contributed by atoms with Crippen LogP contribution in [0.1, 0.15) is 24.8 Å². The van der Waals surface area contributed by atoms with Crippen LogP contribution < -0.4 is 10.5 Å². The van der Waals surface area contributed by atoms with Gasteiger partial charge in [-0.3, -0.25) is 0 Å². The monoisotopic (exact) mass is 300 g/mol. The van der Waals surface area contributed by atoms with Crippen LogP contribution in [0.25, 0.3) is 0 Å². The van der Waals surface area contributed by atoms with Crippen molar-refractivity contribution in [3.63, 3.8) is 0 Å². The lowest BCUT2D eigenvalue weighted by Gasteiger charge is -2.21. The normalized spacial score (nSPS) is 20.4. The topological polar surface area (TPSA) is 72.2 Å². The van der Waals surface area contributed by atoms with E-state index in [1.165, 1.54) is 12.8 Å². The number of sulfonamides is 1. The van der Waals surface area contributed by atoms with Crippen molar-refractivity contribution in [2.24, 2.45) is 5.73 Å². The van der Waals surface area contributed by atoms with Gasteiger partial charge in [0, 0.05) is 18.3 Å². The van der Waals surface area contributed by atoms with Crippen LogP contribution in [0.3, 0.4) is 0 Å². The van der Waals surface area contributed by atoms with Crippen LogP contribution in [-0.4, -0.2) is 26.0 Å². The Morgan fingerprint density at radius 1 is 1.37 bits per heavy atom.